The van der Waals surface area contributed by atoms with Gasteiger partial charge in [-0.3, -0.25) is 0 Å². The van der Waals surface area contributed by atoms with E-state index in [0.717, 1.165) is 11.4 Å². The van der Waals surface area contributed by atoms with E-state index in [1.54, 1.807) is 0 Å². The summed E-state index contributed by atoms with van der Waals surface area (Å²) < 4.78 is 0. The quantitative estimate of drug-likeness (QED) is 0.140. The molecule has 0 unspecified atom stereocenters. The zero-order valence-electron chi connectivity index (χ0n) is 59.7. The lowest BCUT2D eigenvalue weighted by Gasteiger charge is -2.29. The van der Waals surface area contributed by atoms with Crippen LogP contribution in [-0.4, -0.2) is 0 Å². The number of para-hydroxylation sites is 3. The molecule has 0 fully saturated rings. The third-order valence-electron chi connectivity index (χ3n) is 22.8. The molecule has 0 spiro atoms. The molecule has 0 amide bonds. The maximum atomic E-state index is 2.47. The Morgan fingerprint density at radius 3 is 1.11 bits per heavy atom. The SMILES string of the molecule is CC(C)(C)c1ccc(-c2cc3cccc4c5c(c6cccc2c6c34)C(C)(C)c2cc(N(c3ccccc3)c3cccc4ccccc34)ccc2-5)cc1.Cc1ccccc1N(c1ccccc1)c1ccc2c(c1)C(C)(C)c1c-2c2cccc3cc(-c4ccc(C(C)(C)C)cc4)c4cccc1c4c32. The normalized spacial score (nSPS) is 13.7. The fourth-order valence-corrected chi connectivity index (χ4v) is 17.8. The largest absolute Gasteiger partial charge is 0.310 e. The second-order valence-electron chi connectivity index (χ2n) is 31.6. The van der Waals surface area contributed by atoms with Gasteiger partial charge < -0.3 is 9.80 Å². The Morgan fingerprint density at radius 2 is 0.634 bits per heavy atom. The van der Waals surface area contributed by atoms with Crippen LogP contribution in [0.4, 0.5) is 34.1 Å². The lowest BCUT2D eigenvalue weighted by atomic mass is 9.77. The summed E-state index contributed by atoms with van der Waals surface area (Å²) in [5, 5.41) is 18.7. The van der Waals surface area contributed by atoms with Crippen molar-refractivity contribution in [1.29, 1.82) is 0 Å². The lowest BCUT2D eigenvalue weighted by molar-refractivity contribution is 0.590. The lowest BCUT2D eigenvalue weighted by Crippen LogP contribution is -2.17. The highest BCUT2D eigenvalue weighted by molar-refractivity contribution is 6.33. The van der Waals surface area contributed by atoms with Gasteiger partial charge in [0.05, 0.1) is 5.69 Å². The van der Waals surface area contributed by atoms with E-state index < -0.39 is 0 Å². The van der Waals surface area contributed by atoms with Crippen LogP contribution in [0.2, 0.25) is 0 Å². The van der Waals surface area contributed by atoms with Gasteiger partial charge in [0.2, 0.25) is 0 Å². The van der Waals surface area contributed by atoms with E-state index in [2.05, 4.69) is 383 Å². The average molecular weight is 1300 g/mol. The first-order valence-electron chi connectivity index (χ1n) is 36.1. The van der Waals surface area contributed by atoms with Crippen molar-refractivity contribution in [2.75, 3.05) is 9.80 Å². The summed E-state index contributed by atoms with van der Waals surface area (Å²) in [6.07, 6.45) is 0. The van der Waals surface area contributed by atoms with E-state index in [9.17, 15) is 0 Å². The van der Waals surface area contributed by atoms with Gasteiger partial charge in [-0.2, -0.15) is 0 Å². The van der Waals surface area contributed by atoms with E-state index in [1.165, 1.54) is 182 Å². The van der Waals surface area contributed by atoms with Gasteiger partial charge in [-0.1, -0.05) is 294 Å². The summed E-state index contributed by atoms with van der Waals surface area (Å²) in [4.78, 5) is 4.85. The van der Waals surface area contributed by atoms with Crippen LogP contribution in [0.25, 0.3) is 120 Å². The van der Waals surface area contributed by atoms with E-state index >= 15 is 0 Å². The molecule has 17 aromatic rings. The summed E-state index contributed by atoms with van der Waals surface area (Å²) in [7, 11) is 0. The Balaban J connectivity index is 0.000000145. The highest BCUT2D eigenvalue weighted by Crippen LogP contribution is 2.60. The summed E-state index contributed by atoms with van der Waals surface area (Å²) in [6.45, 7) is 25.6. The van der Waals surface area contributed by atoms with Crippen molar-refractivity contribution in [2.24, 2.45) is 0 Å². The molecule has 488 valence electrons. The molecule has 0 saturated carbocycles. The van der Waals surface area contributed by atoms with Gasteiger partial charge in [0.25, 0.3) is 0 Å². The molecular weight excluding hydrogens is 1220 g/mol. The number of fused-ring (bicyclic) bond motifs is 11. The minimum Gasteiger partial charge on any atom is -0.310 e. The zero-order valence-corrected chi connectivity index (χ0v) is 59.7. The van der Waals surface area contributed by atoms with E-state index in [0.29, 0.717) is 0 Å². The van der Waals surface area contributed by atoms with Gasteiger partial charge in [-0.25, -0.2) is 0 Å². The fraction of sp³-hybridized carbons (Fsp3) is 0.152. The van der Waals surface area contributed by atoms with Crippen LogP contribution >= 0.6 is 0 Å². The molecule has 17 aromatic carbocycles. The monoisotopic (exact) mass is 1300 g/mol. The van der Waals surface area contributed by atoms with Crippen molar-refractivity contribution < 1.29 is 0 Å². The van der Waals surface area contributed by atoms with Gasteiger partial charge in [0.1, 0.15) is 0 Å². The molecule has 0 atom stereocenters. The predicted molar refractivity (Wildman–Crippen MR) is 435 cm³/mol. The third-order valence-corrected chi connectivity index (χ3v) is 22.8. The Morgan fingerprint density at radius 1 is 0.267 bits per heavy atom. The molecule has 0 heterocycles. The Bertz CT molecular complexity index is 6130. The first-order valence-corrected chi connectivity index (χ1v) is 36.1. The molecule has 0 bridgehead atoms. The van der Waals surface area contributed by atoms with Crippen molar-refractivity contribution in [3.8, 4) is 44.5 Å². The number of anilines is 6. The molecule has 2 heteroatoms. The highest BCUT2D eigenvalue weighted by atomic mass is 15.1. The van der Waals surface area contributed by atoms with Gasteiger partial charge >= 0.3 is 0 Å². The Kier molecular flexibility index (Phi) is 14.0. The molecule has 19 rings (SSSR count). The minimum absolute atomic E-state index is 0.117. The summed E-state index contributed by atoms with van der Waals surface area (Å²) in [6, 6.07) is 111. The van der Waals surface area contributed by atoms with Gasteiger partial charge in [0, 0.05) is 44.7 Å². The van der Waals surface area contributed by atoms with E-state index in [1.807, 2.05) is 0 Å². The van der Waals surface area contributed by atoms with Crippen LogP contribution in [0.15, 0.2) is 297 Å². The molecule has 2 aliphatic rings. The molecule has 2 aliphatic carbocycles. The minimum atomic E-state index is -0.222. The molecule has 0 radical (unpaired) electrons. The van der Waals surface area contributed by atoms with Crippen molar-refractivity contribution in [3.05, 3.63) is 336 Å². The van der Waals surface area contributed by atoms with Crippen LogP contribution in [-0.2, 0) is 21.7 Å². The predicted octanol–water partition coefficient (Wildman–Crippen LogP) is 28.1. The van der Waals surface area contributed by atoms with Gasteiger partial charge in [0.15, 0.2) is 0 Å². The average Bonchev–Trinajstić information content (AvgIpc) is 1.58. The second kappa shape index (κ2) is 22.9. The molecule has 2 nitrogen and oxygen atoms in total. The first-order chi connectivity index (χ1) is 48.8. The Labute approximate surface area is 594 Å². The van der Waals surface area contributed by atoms with E-state index in [-0.39, 0.29) is 21.7 Å². The smallest absolute Gasteiger partial charge is 0.0540 e. The molecule has 101 heavy (non-hydrogen) atoms. The Hall–Kier alpha value is -11.3. The molecule has 0 aliphatic heterocycles. The number of benzene rings is 17. The van der Waals surface area contributed by atoms with Crippen LogP contribution in [0.5, 0.6) is 0 Å². The maximum Gasteiger partial charge on any atom is 0.0540 e. The van der Waals surface area contributed by atoms with Crippen molar-refractivity contribution in [2.45, 2.75) is 97.8 Å². The van der Waals surface area contributed by atoms with Gasteiger partial charge in [-0.05, 0) is 244 Å². The van der Waals surface area contributed by atoms with Crippen LogP contribution < -0.4 is 9.80 Å². The van der Waals surface area contributed by atoms with Crippen LogP contribution in [0.3, 0.4) is 0 Å². The maximum absolute atomic E-state index is 2.47. The third kappa shape index (κ3) is 9.66. The van der Waals surface area contributed by atoms with Gasteiger partial charge in [-0.15, -0.1) is 0 Å². The zero-order chi connectivity index (χ0) is 69.0. The van der Waals surface area contributed by atoms with Crippen molar-refractivity contribution in [3.63, 3.8) is 0 Å². The van der Waals surface area contributed by atoms with Crippen LogP contribution in [0.1, 0.15) is 108 Å². The second-order valence-corrected chi connectivity index (χ2v) is 31.6. The van der Waals surface area contributed by atoms with Crippen LogP contribution in [0, 0.1) is 6.92 Å². The number of hydrogen-bond donors (Lipinski definition) is 0. The molecular formula is C99H82N2. The molecule has 0 aromatic heterocycles. The number of nitrogens with zero attached hydrogens (tertiary/aromatic N) is 2. The van der Waals surface area contributed by atoms with Crippen molar-refractivity contribution in [1.82, 2.24) is 0 Å². The summed E-state index contributed by atoms with van der Waals surface area (Å²) >= 11 is 0. The first kappa shape index (κ1) is 62.0. The van der Waals surface area contributed by atoms with E-state index in [4.69, 9.17) is 0 Å². The highest BCUT2D eigenvalue weighted by Gasteiger charge is 2.42. The number of rotatable bonds is 8. The number of aryl methyl sites for hydroxylation is 1. The number of hydrogen-bond acceptors (Lipinski definition) is 2. The summed E-state index contributed by atoms with van der Waals surface area (Å²) in [5.74, 6) is 0. The van der Waals surface area contributed by atoms with Crippen molar-refractivity contribution >= 4 is 110 Å². The topological polar surface area (TPSA) is 6.48 Å². The molecule has 0 N–H and O–H groups in total. The molecule has 0 saturated heterocycles. The fourth-order valence-electron chi connectivity index (χ4n) is 17.8. The standard InChI is InChI=1S/C51H41N.C48H41N/c1-50(2,3)35-26-24-33(25-27-35)43-30-34-16-11-21-41-46(34)47-39(43)20-13-22-42(47)49-48(41)40-29-28-37(31-44(40)51(49,4)5)52(36-17-7-6-8-18-36)45-23-12-15-32-14-9-10-19-38(32)45;1-30-14-10-11-21-42(30)49(34-16-8-7-9-17-34)35-26-27-37-41(29-35)48(5,6)46-39-20-13-18-36-40(31-22-24-33(25-23-31)47(2,3)4)28-32-15-12-19-38(45(37)46)43(32)44(36)39/h6-31H,1-5H3;7-29H,1-6H3. The summed E-state index contributed by atoms with van der Waals surface area (Å²) in [5.41, 5.74) is 27.1.